The summed E-state index contributed by atoms with van der Waals surface area (Å²) >= 11 is 0. The fourth-order valence-electron chi connectivity index (χ4n) is 2.55. The topological polar surface area (TPSA) is 55.6 Å². The summed E-state index contributed by atoms with van der Waals surface area (Å²) in [5, 5.41) is 0. The van der Waals surface area contributed by atoms with Crippen molar-refractivity contribution in [3.8, 4) is 0 Å². The van der Waals surface area contributed by atoms with Crippen LogP contribution in [0.15, 0.2) is 24.3 Å². The summed E-state index contributed by atoms with van der Waals surface area (Å²) in [5.41, 5.74) is 7.46. The van der Waals surface area contributed by atoms with E-state index in [-0.39, 0.29) is 5.91 Å². The van der Waals surface area contributed by atoms with Crippen LogP contribution in [0.2, 0.25) is 0 Å². The van der Waals surface area contributed by atoms with Gasteiger partial charge in [-0.15, -0.1) is 0 Å². The zero-order chi connectivity index (χ0) is 13.7. The normalized spacial score (nSPS) is 18.8. The Morgan fingerprint density at radius 3 is 2.79 bits per heavy atom. The van der Waals surface area contributed by atoms with Gasteiger partial charge >= 0.3 is 0 Å². The predicted molar refractivity (Wildman–Crippen MR) is 75.1 cm³/mol. The molecule has 1 saturated heterocycles. The maximum Gasteiger partial charge on any atom is 0.253 e. The number of carbonyl (C=O) groups is 1. The van der Waals surface area contributed by atoms with Crippen molar-refractivity contribution in [3.05, 3.63) is 35.4 Å². The molecule has 0 aliphatic carbocycles. The second kappa shape index (κ2) is 6.68. The van der Waals surface area contributed by atoms with E-state index in [1.165, 1.54) is 5.56 Å². The second-order valence-electron chi connectivity index (χ2n) is 5.10. The number of amides is 1. The monoisotopic (exact) mass is 262 g/mol. The van der Waals surface area contributed by atoms with E-state index >= 15 is 0 Å². The number of hydrogen-bond donors (Lipinski definition) is 1. The fraction of sp³-hybridized carbons (Fsp3) is 0.533. The van der Waals surface area contributed by atoms with Gasteiger partial charge in [-0.2, -0.15) is 0 Å². The lowest BCUT2D eigenvalue weighted by Crippen LogP contribution is -2.29. The van der Waals surface area contributed by atoms with E-state index < -0.39 is 0 Å². The minimum Gasteiger partial charge on any atom is -0.384 e. The minimum absolute atomic E-state index is 0.123. The van der Waals surface area contributed by atoms with Gasteiger partial charge in [0.25, 0.3) is 5.91 Å². The van der Waals surface area contributed by atoms with Crippen molar-refractivity contribution in [3.63, 3.8) is 0 Å². The lowest BCUT2D eigenvalue weighted by Gasteiger charge is -2.16. The fourth-order valence-corrected chi connectivity index (χ4v) is 2.55. The van der Waals surface area contributed by atoms with E-state index in [9.17, 15) is 4.79 Å². The van der Waals surface area contributed by atoms with Gasteiger partial charge in [-0.3, -0.25) is 4.79 Å². The Morgan fingerprint density at radius 2 is 2.16 bits per heavy atom. The molecule has 4 nitrogen and oxygen atoms in total. The second-order valence-corrected chi connectivity index (χ2v) is 5.10. The van der Waals surface area contributed by atoms with Crippen LogP contribution >= 0.6 is 0 Å². The number of nitrogens with zero attached hydrogens (tertiary/aromatic N) is 1. The van der Waals surface area contributed by atoms with Crippen molar-refractivity contribution >= 4 is 5.91 Å². The van der Waals surface area contributed by atoms with Crippen LogP contribution in [0, 0.1) is 5.92 Å². The number of likely N-dealkylation sites (tertiary alicyclic amines) is 1. The van der Waals surface area contributed by atoms with Gasteiger partial charge in [0.05, 0.1) is 6.61 Å². The summed E-state index contributed by atoms with van der Waals surface area (Å²) in [5.74, 6) is 0.600. The summed E-state index contributed by atoms with van der Waals surface area (Å²) in [6.45, 7) is 3.01. The average Bonchev–Trinajstić information content (AvgIpc) is 2.88. The SMILES string of the molecule is COCC1CCN(C(=O)c2ccc(CCN)cc2)C1. The van der Waals surface area contributed by atoms with Gasteiger partial charge in [-0.25, -0.2) is 0 Å². The molecule has 0 radical (unpaired) electrons. The highest BCUT2D eigenvalue weighted by Crippen LogP contribution is 2.19. The molecule has 0 aromatic heterocycles. The summed E-state index contributed by atoms with van der Waals surface area (Å²) in [4.78, 5) is 14.2. The van der Waals surface area contributed by atoms with Gasteiger partial charge in [0.2, 0.25) is 0 Å². The van der Waals surface area contributed by atoms with Crippen LogP contribution in [0.4, 0.5) is 0 Å². The largest absolute Gasteiger partial charge is 0.384 e. The highest BCUT2D eigenvalue weighted by atomic mass is 16.5. The molecule has 0 spiro atoms. The Kier molecular flexibility index (Phi) is 4.93. The van der Waals surface area contributed by atoms with Crippen molar-refractivity contribution < 1.29 is 9.53 Å². The van der Waals surface area contributed by atoms with E-state index in [0.29, 0.717) is 12.5 Å². The van der Waals surface area contributed by atoms with Gasteiger partial charge in [0.1, 0.15) is 0 Å². The zero-order valence-corrected chi connectivity index (χ0v) is 11.5. The molecular formula is C15H22N2O2. The highest BCUT2D eigenvalue weighted by molar-refractivity contribution is 5.94. The molecule has 4 heteroatoms. The van der Waals surface area contributed by atoms with Crippen LogP contribution in [0.3, 0.4) is 0 Å². The number of nitrogens with two attached hydrogens (primary N) is 1. The van der Waals surface area contributed by atoms with Crippen LogP contribution < -0.4 is 5.73 Å². The number of carbonyl (C=O) groups excluding carboxylic acids is 1. The lowest BCUT2D eigenvalue weighted by molar-refractivity contribution is 0.0775. The van der Waals surface area contributed by atoms with Crippen molar-refractivity contribution in [2.45, 2.75) is 12.8 Å². The molecule has 1 atom stereocenters. The van der Waals surface area contributed by atoms with E-state index in [4.69, 9.17) is 10.5 Å². The third-order valence-electron chi connectivity index (χ3n) is 3.61. The van der Waals surface area contributed by atoms with Crippen molar-refractivity contribution in [2.24, 2.45) is 11.7 Å². The molecule has 1 aromatic rings. The Hall–Kier alpha value is -1.39. The number of ether oxygens (including phenoxy) is 1. The van der Waals surface area contributed by atoms with Crippen LogP contribution in [0.25, 0.3) is 0 Å². The first-order valence-electron chi connectivity index (χ1n) is 6.82. The van der Waals surface area contributed by atoms with Gasteiger partial charge in [-0.05, 0) is 37.1 Å². The molecule has 0 bridgehead atoms. The van der Waals surface area contributed by atoms with Crippen LogP contribution in [-0.2, 0) is 11.2 Å². The highest BCUT2D eigenvalue weighted by Gasteiger charge is 2.26. The van der Waals surface area contributed by atoms with Gasteiger partial charge in [0, 0.05) is 31.7 Å². The zero-order valence-electron chi connectivity index (χ0n) is 11.5. The van der Waals surface area contributed by atoms with E-state index in [0.717, 1.165) is 38.1 Å². The molecule has 19 heavy (non-hydrogen) atoms. The number of methoxy groups -OCH3 is 1. The first kappa shape index (κ1) is 14.0. The van der Waals surface area contributed by atoms with Gasteiger partial charge < -0.3 is 15.4 Å². The summed E-state index contributed by atoms with van der Waals surface area (Å²) < 4.78 is 5.15. The molecule has 104 valence electrons. The molecule has 1 aromatic carbocycles. The predicted octanol–water partition coefficient (Wildman–Crippen LogP) is 1.30. The summed E-state index contributed by atoms with van der Waals surface area (Å²) in [6.07, 6.45) is 1.89. The smallest absolute Gasteiger partial charge is 0.253 e. The maximum absolute atomic E-state index is 12.3. The van der Waals surface area contributed by atoms with Crippen LogP contribution in [-0.4, -0.2) is 44.2 Å². The van der Waals surface area contributed by atoms with E-state index in [2.05, 4.69) is 0 Å². The maximum atomic E-state index is 12.3. The first-order chi connectivity index (χ1) is 9.24. The summed E-state index contributed by atoms with van der Waals surface area (Å²) in [6, 6.07) is 7.78. The van der Waals surface area contributed by atoms with Crippen molar-refractivity contribution in [1.29, 1.82) is 0 Å². The summed E-state index contributed by atoms with van der Waals surface area (Å²) in [7, 11) is 1.71. The number of hydrogen-bond acceptors (Lipinski definition) is 3. The molecule has 0 saturated carbocycles. The van der Waals surface area contributed by atoms with Crippen LogP contribution in [0.5, 0.6) is 0 Å². The molecule has 1 heterocycles. The van der Waals surface area contributed by atoms with E-state index in [1.54, 1.807) is 7.11 Å². The third-order valence-corrected chi connectivity index (χ3v) is 3.61. The Balaban J connectivity index is 1.96. The molecule has 1 aliphatic rings. The molecule has 1 fully saturated rings. The molecule has 1 amide bonds. The Labute approximate surface area is 114 Å². The lowest BCUT2D eigenvalue weighted by atomic mass is 10.1. The number of benzene rings is 1. The first-order valence-corrected chi connectivity index (χ1v) is 6.82. The number of rotatable bonds is 5. The third kappa shape index (κ3) is 3.55. The molecule has 2 N–H and O–H groups in total. The van der Waals surface area contributed by atoms with Crippen LogP contribution in [0.1, 0.15) is 22.3 Å². The van der Waals surface area contributed by atoms with Gasteiger partial charge in [-0.1, -0.05) is 12.1 Å². The Bertz CT molecular complexity index is 417. The quantitative estimate of drug-likeness (QED) is 0.870. The molecular weight excluding hydrogens is 240 g/mol. The van der Waals surface area contributed by atoms with Gasteiger partial charge in [0.15, 0.2) is 0 Å². The molecule has 2 rings (SSSR count). The molecule has 1 aliphatic heterocycles. The van der Waals surface area contributed by atoms with Crippen molar-refractivity contribution in [1.82, 2.24) is 4.90 Å². The molecule has 1 unspecified atom stereocenters. The average molecular weight is 262 g/mol. The minimum atomic E-state index is 0.123. The standard InChI is InChI=1S/C15H22N2O2/c1-19-11-13-7-9-17(10-13)15(18)14-4-2-12(3-5-14)6-8-16/h2-5,13H,6-11,16H2,1H3. The van der Waals surface area contributed by atoms with E-state index in [1.807, 2.05) is 29.2 Å². The van der Waals surface area contributed by atoms with Crippen molar-refractivity contribution in [2.75, 3.05) is 33.4 Å². The Morgan fingerprint density at radius 1 is 1.42 bits per heavy atom.